The van der Waals surface area contributed by atoms with Gasteiger partial charge in [0.25, 0.3) is 0 Å². The van der Waals surface area contributed by atoms with Gasteiger partial charge in [-0.25, -0.2) is 0 Å². The summed E-state index contributed by atoms with van der Waals surface area (Å²) in [5.74, 6) is -0.964. The maximum Gasteiger partial charge on any atom is 0.235 e. The maximum absolute atomic E-state index is 12.4. The van der Waals surface area contributed by atoms with Crippen molar-refractivity contribution in [2.75, 3.05) is 13.1 Å². The van der Waals surface area contributed by atoms with Crippen molar-refractivity contribution in [1.29, 1.82) is 0 Å². The fourth-order valence-corrected chi connectivity index (χ4v) is 3.16. The number of hydrogen-bond acceptors (Lipinski definition) is 3. The van der Waals surface area contributed by atoms with Crippen molar-refractivity contribution in [3.8, 4) is 0 Å². The lowest BCUT2D eigenvalue weighted by Crippen LogP contribution is -2.37. The Bertz CT molecular complexity index is 561. The Kier molecular flexibility index (Phi) is 5.53. The first-order chi connectivity index (χ1) is 11.1. The smallest absolute Gasteiger partial charge is 0.235 e. The maximum atomic E-state index is 12.4. The summed E-state index contributed by atoms with van der Waals surface area (Å²) < 4.78 is 0. The first-order valence-electron chi connectivity index (χ1n) is 8.28. The molecule has 3 amide bonds. The molecule has 2 atom stereocenters. The van der Waals surface area contributed by atoms with E-state index in [1.807, 2.05) is 44.2 Å². The summed E-state index contributed by atoms with van der Waals surface area (Å²) in [5, 5.41) is 0. The van der Waals surface area contributed by atoms with E-state index in [2.05, 4.69) is 0 Å². The fraction of sp³-hybridized carbons (Fsp3) is 0.500. The Morgan fingerprint density at radius 1 is 1.04 bits per heavy atom. The van der Waals surface area contributed by atoms with E-state index in [-0.39, 0.29) is 29.6 Å². The minimum atomic E-state index is -0.350. The average molecular weight is 316 g/mol. The normalized spacial score (nSPS) is 22.7. The minimum Gasteiger partial charge on any atom is -0.341 e. The van der Waals surface area contributed by atoms with Crippen molar-refractivity contribution in [3.05, 3.63) is 35.9 Å². The molecule has 1 aromatic carbocycles. The highest BCUT2D eigenvalue weighted by Crippen LogP contribution is 2.34. The predicted octanol–water partition coefficient (Wildman–Crippen LogP) is 2.07. The highest BCUT2D eigenvalue weighted by atomic mass is 16.2. The van der Waals surface area contributed by atoms with Crippen molar-refractivity contribution < 1.29 is 14.4 Å². The Hall–Kier alpha value is -2.17. The second-order valence-electron chi connectivity index (χ2n) is 5.61. The largest absolute Gasteiger partial charge is 0.341 e. The van der Waals surface area contributed by atoms with E-state index < -0.39 is 0 Å². The summed E-state index contributed by atoms with van der Waals surface area (Å²) in [7, 11) is 0. The lowest BCUT2D eigenvalue weighted by Gasteiger charge is -2.20. The molecule has 2 fully saturated rings. The van der Waals surface area contributed by atoms with Crippen molar-refractivity contribution in [2.45, 2.75) is 33.7 Å². The van der Waals surface area contributed by atoms with E-state index in [0.29, 0.717) is 26.1 Å². The molecule has 0 spiro atoms. The first-order valence-corrected chi connectivity index (χ1v) is 8.28. The molecule has 0 aromatic heterocycles. The minimum absolute atomic E-state index is 0.0135. The second-order valence-corrected chi connectivity index (χ2v) is 5.61. The summed E-state index contributed by atoms with van der Waals surface area (Å²) in [5.41, 5.74) is 0.945. The lowest BCUT2D eigenvalue weighted by atomic mass is 10.00. The predicted molar refractivity (Wildman–Crippen MR) is 87.2 cm³/mol. The van der Waals surface area contributed by atoms with E-state index in [1.54, 1.807) is 11.8 Å². The summed E-state index contributed by atoms with van der Waals surface area (Å²) >= 11 is 0. The van der Waals surface area contributed by atoms with E-state index >= 15 is 0 Å². The molecule has 0 bridgehead atoms. The molecule has 2 saturated heterocycles. The summed E-state index contributed by atoms with van der Waals surface area (Å²) in [6.45, 7) is 6.88. The molecule has 2 aliphatic rings. The number of rotatable bonds is 3. The van der Waals surface area contributed by atoms with Crippen LogP contribution in [0.3, 0.4) is 0 Å². The van der Waals surface area contributed by atoms with Gasteiger partial charge in [-0.1, -0.05) is 51.1 Å². The van der Waals surface area contributed by atoms with E-state index in [1.165, 1.54) is 4.90 Å². The molecular weight excluding hydrogens is 292 g/mol. The van der Waals surface area contributed by atoms with Crippen molar-refractivity contribution in [1.82, 2.24) is 9.80 Å². The zero-order chi connectivity index (χ0) is 17.0. The molecule has 2 unspecified atom stereocenters. The second kappa shape index (κ2) is 7.40. The standard InChI is InChI=1S/C16H18N2O3.C2H6/c1-2-14(19)17-9-12-13(10-17)16(21)18(15(12)20)8-11-6-4-3-5-7-11;1-2/h3-7,12-13H,2,8-10H2,1H3;1-2H3. The molecule has 0 N–H and O–H groups in total. The molecule has 5 nitrogen and oxygen atoms in total. The highest BCUT2D eigenvalue weighted by Gasteiger charge is 2.52. The van der Waals surface area contributed by atoms with Gasteiger partial charge in [-0.15, -0.1) is 0 Å². The summed E-state index contributed by atoms with van der Waals surface area (Å²) in [6.07, 6.45) is 0.412. The van der Waals surface area contributed by atoms with Gasteiger partial charge in [-0.3, -0.25) is 19.3 Å². The Balaban J connectivity index is 0.000000924. The third-order valence-electron chi connectivity index (χ3n) is 4.32. The van der Waals surface area contributed by atoms with Crippen LogP contribution >= 0.6 is 0 Å². The molecular formula is C18H24N2O3. The van der Waals surface area contributed by atoms with Crippen molar-refractivity contribution in [3.63, 3.8) is 0 Å². The van der Waals surface area contributed by atoms with Gasteiger partial charge in [0, 0.05) is 19.5 Å². The zero-order valence-electron chi connectivity index (χ0n) is 14.0. The molecule has 5 heteroatoms. The van der Waals surface area contributed by atoms with Crippen LogP contribution in [0.25, 0.3) is 0 Å². The van der Waals surface area contributed by atoms with E-state index in [0.717, 1.165) is 5.56 Å². The van der Waals surface area contributed by atoms with Crippen LogP contribution in [0.5, 0.6) is 0 Å². The molecule has 3 rings (SSSR count). The third kappa shape index (κ3) is 3.28. The topological polar surface area (TPSA) is 57.7 Å². The number of benzene rings is 1. The van der Waals surface area contributed by atoms with Crippen LogP contribution in [-0.4, -0.2) is 40.6 Å². The number of carbonyl (C=O) groups is 3. The molecule has 0 aliphatic carbocycles. The van der Waals surface area contributed by atoms with Gasteiger partial charge in [0.2, 0.25) is 17.7 Å². The van der Waals surface area contributed by atoms with Gasteiger partial charge in [0.1, 0.15) is 0 Å². The number of fused-ring (bicyclic) bond motifs is 1. The molecule has 0 saturated carbocycles. The summed E-state index contributed by atoms with van der Waals surface area (Å²) in [6, 6.07) is 9.49. The Morgan fingerprint density at radius 3 is 2.04 bits per heavy atom. The molecule has 23 heavy (non-hydrogen) atoms. The highest BCUT2D eigenvalue weighted by molar-refractivity contribution is 6.06. The summed E-state index contributed by atoms with van der Waals surface area (Å²) in [4.78, 5) is 39.6. The van der Waals surface area contributed by atoms with Crippen LogP contribution < -0.4 is 0 Å². The number of hydrogen-bond donors (Lipinski definition) is 0. The van der Waals surface area contributed by atoms with Gasteiger partial charge in [-0.2, -0.15) is 0 Å². The number of carbonyl (C=O) groups excluding carboxylic acids is 3. The van der Waals surface area contributed by atoms with E-state index in [4.69, 9.17) is 0 Å². The van der Waals surface area contributed by atoms with Crippen molar-refractivity contribution >= 4 is 17.7 Å². The molecule has 1 aromatic rings. The van der Waals surface area contributed by atoms with Gasteiger partial charge in [0.05, 0.1) is 18.4 Å². The quantitative estimate of drug-likeness (QED) is 0.802. The van der Waals surface area contributed by atoms with Gasteiger partial charge in [-0.05, 0) is 5.56 Å². The SMILES string of the molecule is CC.CCC(=O)N1CC2C(=O)N(Cc3ccccc3)C(=O)C2C1. The van der Waals surface area contributed by atoms with Gasteiger partial charge < -0.3 is 4.90 Å². The Morgan fingerprint density at radius 2 is 1.57 bits per heavy atom. The third-order valence-corrected chi connectivity index (χ3v) is 4.32. The van der Waals surface area contributed by atoms with Crippen LogP contribution in [0.1, 0.15) is 32.8 Å². The van der Waals surface area contributed by atoms with Crippen molar-refractivity contribution in [2.24, 2.45) is 11.8 Å². The van der Waals surface area contributed by atoms with Crippen LogP contribution in [-0.2, 0) is 20.9 Å². The monoisotopic (exact) mass is 316 g/mol. The molecule has 2 heterocycles. The number of amides is 3. The lowest BCUT2D eigenvalue weighted by molar-refractivity contribution is -0.141. The molecule has 124 valence electrons. The molecule has 2 aliphatic heterocycles. The number of imide groups is 1. The van der Waals surface area contributed by atoms with E-state index in [9.17, 15) is 14.4 Å². The zero-order valence-corrected chi connectivity index (χ0v) is 14.0. The average Bonchev–Trinajstić information content (AvgIpc) is 3.13. The number of likely N-dealkylation sites (tertiary alicyclic amines) is 2. The first kappa shape index (κ1) is 17.2. The van der Waals surface area contributed by atoms with Gasteiger partial charge >= 0.3 is 0 Å². The molecule has 0 radical (unpaired) electrons. The Labute approximate surface area is 137 Å². The fourth-order valence-electron chi connectivity index (χ4n) is 3.16. The van der Waals surface area contributed by atoms with Crippen LogP contribution in [0, 0.1) is 11.8 Å². The number of nitrogens with zero attached hydrogens (tertiary/aromatic N) is 2. The van der Waals surface area contributed by atoms with Crippen LogP contribution in [0.15, 0.2) is 30.3 Å². The van der Waals surface area contributed by atoms with Gasteiger partial charge in [0.15, 0.2) is 0 Å². The van der Waals surface area contributed by atoms with Crippen LogP contribution in [0.4, 0.5) is 0 Å². The van der Waals surface area contributed by atoms with Crippen LogP contribution in [0.2, 0.25) is 0 Å².